The molecule has 0 saturated heterocycles. The predicted octanol–water partition coefficient (Wildman–Crippen LogP) is 22.2. The van der Waals surface area contributed by atoms with Crippen molar-refractivity contribution in [1.82, 2.24) is 5.32 Å². The second kappa shape index (κ2) is 65.3. The van der Waals surface area contributed by atoms with Gasteiger partial charge in [-0.15, -0.1) is 0 Å². The number of aliphatic hydroxyl groups excluding tert-OH is 1. The number of unbranched alkanes of at least 4 members (excludes halogenated alkanes) is 33. The largest absolute Gasteiger partial charge is 0.756 e. The summed E-state index contributed by atoms with van der Waals surface area (Å²) in [4.78, 5) is 25.6. The van der Waals surface area contributed by atoms with Crippen molar-refractivity contribution in [3.63, 3.8) is 0 Å². The van der Waals surface area contributed by atoms with Crippen LogP contribution in [0.2, 0.25) is 0 Å². The molecule has 0 saturated carbocycles. The van der Waals surface area contributed by atoms with Crippen molar-refractivity contribution in [3.8, 4) is 0 Å². The van der Waals surface area contributed by atoms with Crippen molar-refractivity contribution in [2.75, 3.05) is 40.9 Å². The molecule has 0 aliphatic carbocycles. The van der Waals surface area contributed by atoms with Crippen LogP contribution in [0.3, 0.4) is 0 Å². The molecule has 0 spiro atoms. The Morgan fingerprint density at radius 1 is 0.424 bits per heavy atom. The molecule has 9 heteroatoms. The minimum Gasteiger partial charge on any atom is -0.756 e. The van der Waals surface area contributed by atoms with Crippen LogP contribution in [0.5, 0.6) is 0 Å². The van der Waals surface area contributed by atoms with Crippen molar-refractivity contribution in [3.05, 3.63) is 122 Å². The number of aliphatic hydroxyl groups is 1. The van der Waals surface area contributed by atoms with Gasteiger partial charge >= 0.3 is 0 Å². The molecule has 0 aromatic heterocycles. The van der Waals surface area contributed by atoms with Crippen LogP contribution >= 0.6 is 7.82 Å². The standard InChI is InChI=1S/C76H135N2O6P/c1-6-8-10-12-14-16-18-20-22-24-26-28-30-32-34-36-38-39-40-42-44-46-48-50-52-54-56-58-60-62-64-66-68-70-76(80)77-74(73-84-85(81,82)83-72-71-78(3,4)5)75(79)69-67-65-63-61-59-57-55-53-51-49-47-45-43-41-37-35-33-31-29-27-25-23-21-19-17-15-13-11-9-7-2/h8,10,14,16,20,22,26,28,32,34,38-39,42,44,48,50,54,56,67,69,74-75,79H,6-7,9,11-13,15,17-19,21,23-25,27,29-31,33,35-37,40-41,43,45-47,49,51-53,55,57-66,68,70-73H2,1-5H3,(H-,77,80,81,82)/b10-8-,16-14-,22-20-,28-26-,34-32-,39-38-,44-42-,50-48-,56-54-,69-67+. The Morgan fingerprint density at radius 3 is 1.05 bits per heavy atom. The number of amides is 1. The molecular formula is C76H135N2O6P. The second-order valence-corrected chi connectivity index (χ2v) is 26.3. The molecule has 1 amide bonds. The first kappa shape index (κ1) is 81.9. The molecule has 3 unspecified atom stereocenters. The van der Waals surface area contributed by atoms with Crippen LogP contribution < -0.4 is 10.2 Å². The van der Waals surface area contributed by atoms with Gasteiger partial charge in [0.25, 0.3) is 7.82 Å². The van der Waals surface area contributed by atoms with Crippen molar-refractivity contribution in [2.24, 2.45) is 0 Å². The SMILES string of the molecule is CC/C=C\C/C=C\C/C=C\C/C=C\C/C=C\C/C=C\C/C=C\C/C=C\C/C=C\CCCCCCCC(=O)NC(COP(=O)([O-])OCC[N+](C)(C)C)C(O)/C=C/CCCCCCCCCCCCCCCCCCCCCCCCCCCCCC. The third-order valence-electron chi connectivity index (χ3n) is 15.4. The summed E-state index contributed by atoms with van der Waals surface area (Å²) in [6.07, 6.45) is 97.4. The van der Waals surface area contributed by atoms with Gasteiger partial charge in [-0.05, 0) is 89.9 Å². The number of allylic oxidation sites excluding steroid dienone is 19. The highest BCUT2D eigenvalue weighted by Gasteiger charge is 2.23. The number of nitrogens with zero attached hydrogens (tertiary/aromatic N) is 1. The zero-order valence-corrected chi connectivity index (χ0v) is 56.9. The fraction of sp³-hybridized carbons (Fsp3) is 0.724. The average Bonchev–Trinajstić information content (AvgIpc) is 3.49. The Bertz CT molecular complexity index is 1800. The lowest BCUT2D eigenvalue weighted by Gasteiger charge is -2.29. The number of hydrogen-bond acceptors (Lipinski definition) is 6. The molecule has 3 atom stereocenters. The summed E-state index contributed by atoms with van der Waals surface area (Å²) in [6.45, 7) is 4.54. The van der Waals surface area contributed by atoms with Crippen LogP contribution in [0.15, 0.2) is 122 Å². The van der Waals surface area contributed by atoms with E-state index in [1.54, 1.807) is 6.08 Å². The monoisotopic (exact) mass is 1200 g/mol. The minimum absolute atomic E-state index is 0.0111. The molecule has 0 aromatic carbocycles. The van der Waals surface area contributed by atoms with E-state index in [2.05, 4.69) is 129 Å². The van der Waals surface area contributed by atoms with Gasteiger partial charge in [0.05, 0.1) is 39.9 Å². The lowest BCUT2D eigenvalue weighted by atomic mass is 10.0. The van der Waals surface area contributed by atoms with Gasteiger partial charge in [0.2, 0.25) is 5.91 Å². The molecule has 0 aliphatic heterocycles. The number of quaternary nitrogens is 1. The predicted molar refractivity (Wildman–Crippen MR) is 371 cm³/mol. The molecule has 0 rings (SSSR count). The molecule has 2 N–H and O–H groups in total. The van der Waals surface area contributed by atoms with Crippen LogP contribution in [0, 0.1) is 0 Å². The Hall–Kier alpha value is -3.10. The highest BCUT2D eigenvalue weighted by atomic mass is 31.2. The van der Waals surface area contributed by atoms with E-state index in [0.29, 0.717) is 17.4 Å². The third kappa shape index (κ3) is 68.3. The molecule has 0 fully saturated rings. The van der Waals surface area contributed by atoms with E-state index in [-0.39, 0.29) is 12.5 Å². The van der Waals surface area contributed by atoms with Crippen molar-refractivity contribution < 1.29 is 32.9 Å². The summed E-state index contributed by atoms with van der Waals surface area (Å²) in [5.41, 5.74) is 0. The lowest BCUT2D eigenvalue weighted by molar-refractivity contribution is -0.870. The Kier molecular flexibility index (Phi) is 63.0. The third-order valence-corrected chi connectivity index (χ3v) is 16.4. The van der Waals surface area contributed by atoms with E-state index in [1.165, 1.54) is 167 Å². The number of rotatable bonds is 64. The van der Waals surface area contributed by atoms with Gasteiger partial charge in [0, 0.05) is 6.42 Å². The summed E-state index contributed by atoms with van der Waals surface area (Å²) in [5, 5.41) is 14.0. The molecule has 8 nitrogen and oxygen atoms in total. The first-order chi connectivity index (χ1) is 41.5. The van der Waals surface area contributed by atoms with E-state index in [9.17, 15) is 19.4 Å². The van der Waals surface area contributed by atoms with Crippen molar-refractivity contribution in [1.29, 1.82) is 0 Å². The fourth-order valence-electron chi connectivity index (χ4n) is 9.97. The molecule has 490 valence electrons. The van der Waals surface area contributed by atoms with Crippen LogP contribution in [-0.2, 0) is 18.4 Å². The van der Waals surface area contributed by atoms with Crippen molar-refractivity contribution in [2.45, 2.75) is 315 Å². The normalized spacial score (nSPS) is 14.4. The number of carbonyl (C=O) groups is 1. The Balaban J connectivity index is 4.18. The maximum absolute atomic E-state index is 13.0. The zero-order chi connectivity index (χ0) is 61.9. The topological polar surface area (TPSA) is 108 Å². The Labute approximate surface area is 526 Å². The fourth-order valence-corrected chi connectivity index (χ4v) is 10.7. The van der Waals surface area contributed by atoms with Gasteiger partial charge in [-0.3, -0.25) is 9.36 Å². The van der Waals surface area contributed by atoms with Gasteiger partial charge < -0.3 is 28.8 Å². The number of hydrogen-bond donors (Lipinski definition) is 2. The Morgan fingerprint density at radius 2 is 0.718 bits per heavy atom. The summed E-state index contributed by atoms with van der Waals surface area (Å²) < 4.78 is 23.5. The second-order valence-electron chi connectivity index (χ2n) is 24.9. The minimum atomic E-state index is -4.62. The average molecular weight is 1200 g/mol. The van der Waals surface area contributed by atoms with E-state index in [4.69, 9.17) is 9.05 Å². The van der Waals surface area contributed by atoms with Crippen LogP contribution in [-0.4, -0.2) is 68.5 Å². The number of phosphoric acid groups is 1. The lowest BCUT2D eigenvalue weighted by Crippen LogP contribution is -2.45. The first-order valence-electron chi connectivity index (χ1n) is 35.4. The van der Waals surface area contributed by atoms with Crippen molar-refractivity contribution >= 4 is 13.7 Å². The summed E-state index contributed by atoms with van der Waals surface area (Å²) in [6, 6.07) is -0.909. The smallest absolute Gasteiger partial charge is 0.268 e. The maximum atomic E-state index is 13.0. The van der Waals surface area contributed by atoms with Gasteiger partial charge in [-0.25, -0.2) is 0 Å². The summed E-state index contributed by atoms with van der Waals surface area (Å²) in [7, 11) is 1.24. The van der Waals surface area contributed by atoms with E-state index >= 15 is 0 Å². The molecule has 0 radical (unpaired) electrons. The number of carbonyl (C=O) groups excluding carboxylic acids is 1. The van der Waals surface area contributed by atoms with E-state index < -0.39 is 26.6 Å². The van der Waals surface area contributed by atoms with Gasteiger partial charge in [0.1, 0.15) is 13.2 Å². The van der Waals surface area contributed by atoms with Gasteiger partial charge in [-0.1, -0.05) is 328 Å². The maximum Gasteiger partial charge on any atom is 0.268 e. The molecule has 0 heterocycles. The number of nitrogens with one attached hydrogen (secondary N) is 1. The molecule has 0 aliphatic rings. The molecule has 0 aromatic rings. The highest BCUT2D eigenvalue weighted by molar-refractivity contribution is 7.45. The summed E-state index contributed by atoms with van der Waals surface area (Å²) in [5.74, 6) is -0.218. The molecular weight excluding hydrogens is 1070 g/mol. The molecule has 85 heavy (non-hydrogen) atoms. The van der Waals surface area contributed by atoms with Crippen LogP contribution in [0.4, 0.5) is 0 Å². The van der Waals surface area contributed by atoms with Crippen LogP contribution in [0.1, 0.15) is 303 Å². The van der Waals surface area contributed by atoms with Crippen LogP contribution in [0.25, 0.3) is 0 Å². The number of phosphoric ester groups is 1. The molecule has 0 bridgehead atoms. The van der Waals surface area contributed by atoms with E-state index in [1.807, 2.05) is 27.2 Å². The zero-order valence-electron chi connectivity index (χ0n) is 56.0. The van der Waals surface area contributed by atoms with E-state index in [0.717, 1.165) is 116 Å². The first-order valence-corrected chi connectivity index (χ1v) is 36.9. The van der Waals surface area contributed by atoms with Gasteiger partial charge in [0.15, 0.2) is 0 Å². The van der Waals surface area contributed by atoms with Gasteiger partial charge in [-0.2, -0.15) is 0 Å². The number of likely N-dealkylation sites (N-methyl/N-ethyl adjacent to an activating group) is 1. The summed E-state index contributed by atoms with van der Waals surface area (Å²) >= 11 is 0. The highest BCUT2D eigenvalue weighted by Crippen LogP contribution is 2.38. The quantitative estimate of drug-likeness (QED) is 0.0272.